The van der Waals surface area contributed by atoms with Crippen molar-refractivity contribution in [3.05, 3.63) is 33.9 Å². The minimum atomic E-state index is -0.748. The number of benzene rings is 1. The fraction of sp³-hybridized carbons (Fsp3) is 0.462. The number of nitro groups is 1. The van der Waals surface area contributed by atoms with Gasteiger partial charge in [-0.15, -0.1) is 0 Å². The van der Waals surface area contributed by atoms with Crippen LogP contribution in [0, 0.1) is 17.0 Å². The monoisotopic (exact) mass is 264 g/mol. The highest BCUT2D eigenvalue weighted by Gasteiger charge is 2.27. The van der Waals surface area contributed by atoms with Crippen molar-refractivity contribution in [3.8, 4) is 5.75 Å². The summed E-state index contributed by atoms with van der Waals surface area (Å²) in [4.78, 5) is 22.2. The minimum absolute atomic E-state index is 0.119. The summed E-state index contributed by atoms with van der Waals surface area (Å²) in [7, 11) is 0. The number of rotatable bonds is 5. The molecule has 0 saturated heterocycles. The van der Waals surface area contributed by atoms with Gasteiger partial charge in [-0.2, -0.15) is 0 Å². The van der Waals surface area contributed by atoms with E-state index in [-0.39, 0.29) is 23.4 Å². The summed E-state index contributed by atoms with van der Waals surface area (Å²) in [6, 6.07) is 4.91. The number of nitrogens with one attached hydrogen (secondary N) is 1. The maximum absolute atomic E-state index is 11.7. The van der Waals surface area contributed by atoms with Gasteiger partial charge in [-0.3, -0.25) is 14.9 Å². The normalized spacial score (nSPS) is 15.7. The average molecular weight is 264 g/mol. The van der Waals surface area contributed by atoms with Gasteiger partial charge in [-0.05, 0) is 38.3 Å². The number of nitro benzene ring substituents is 1. The summed E-state index contributed by atoms with van der Waals surface area (Å²) >= 11 is 0. The quantitative estimate of drug-likeness (QED) is 0.651. The molecule has 1 aromatic carbocycles. The molecule has 0 heterocycles. The molecule has 1 aromatic rings. The second-order valence-electron chi connectivity index (χ2n) is 4.77. The number of ether oxygens (including phenoxy) is 1. The van der Waals surface area contributed by atoms with Crippen LogP contribution in [0.3, 0.4) is 0 Å². The summed E-state index contributed by atoms with van der Waals surface area (Å²) < 4.78 is 5.40. The number of nitrogens with zero attached hydrogens (tertiary/aromatic N) is 1. The van der Waals surface area contributed by atoms with Crippen molar-refractivity contribution < 1.29 is 14.5 Å². The average Bonchev–Trinajstić information content (AvgIpc) is 3.14. The second kappa shape index (κ2) is 5.26. The number of carbonyl (C=O) groups excluding carboxylic acids is 1. The molecule has 0 bridgehead atoms. The maximum atomic E-state index is 11.7. The zero-order chi connectivity index (χ0) is 14.0. The van der Waals surface area contributed by atoms with Crippen molar-refractivity contribution in [2.75, 3.05) is 0 Å². The lowest BCUT2D eigenvalue weighted by Crippen LogP contribution is -2.37. The molecule has 1 saturated carbocycles. The summed E-state index contributed by atoms with van der Waals surface area (Å²) in [6.07, 6.45) is 1.23. The van der Waals surface area contributed by atoms with Gasteiger partial charge in [0.1, 0.15) is 0 Å². The first kappa shape index (κ1) is 13.3. The molecule has 6 heteroatoms. The van der Waals surface area contributed by atoms with Gasteiger partial charge in [0.2, 0.25) is 0 Å². The Hall–Kier alpha value is -2.11. The van der Waals surface area contributed by atoms with Gasteiger partial charge in [-0.25, -0.2) is 0 Å². The lowest BCUT2D eigenvalue weighted by molar-refractivity contribution is -0.386. The second-order valence-corrected chi connectivity index (χ2v) is 4.77. The third kappa shape index (κ3) is 3.43. The molecule has 1 N–H and O–H groups in total. The summed E-state index contributed by atoms with van der Waals surface area (Å²) in [5.41, 5.74) is 0.653. The molecule has 1 aliphatic carbocycles. The Morgan fingerprint density at radius 2 is 2.21 bits per heavy atom. The van der Waals surface area contributed by atoms with Crippen LogP contribution in [0.2, 0.25) is 0 Å². The number of amides is 1. The Balaban J connectivity index is 2.08. The first-order valence-electron chi connectivity index (χ1n) is 6.19. The minimum Gasteiger partial charge on any atom is -0.474 e. The lowest BCUT2D eigenvalue weighted by Gasteiger charge is -2.14. The van der Waals surface area contributed by atoms with Crippen molar-refractivity contribution in [2.24, 2.45) is 0 Å². The van der Waals surface area contributed by atoms with Gasteiger partial charge in [0.05, 0.1) is 4.92 Å². The molecular weight excluding hydrogens is 248 g/mol. The maximum Gasteiger partial charge on any atom is 0.311 e. The SMILES string of the molecule is Cc1ccc(O[C@@H](C)C(=O)NC2CC2)c([N+](=O)[O-])c1. The van der Waals surface area contributed by atoms with Crippen LogP contribution in [0.5, 0.6) is 5.75 Å². The first-order valence-corrected chi connectivity index (χ1v) is 6.19. The highest BCUT2D eigenvalue weighted by atomic mass is 16.6. The highest BCUT2D eigenvalue weighted by molar-refractivity contribution is 5.81. The van der Waals surface area contributed by atoms with Gasteiger partial charge in [0.15, 0.2) is 11.9 Å². The predicted molar refractivity (Wildman–Crippen MR) is 69.1 cm³/mol. The number of hydrogen-bond acceptors (Lipinski definition) is 4. The van der Waals surface area contributed by atoms with Crippen molar-refractivity contribution in [3.63, 3.8) is 0 Å². The van der Waals surface area contributed by atoms with E-state index in [1.165, 1.54) is 12.1 Å². The first-order chi connectivity index (χ1) is 8.97. The summed E-state index contributed by atoms with van der Waals surface area (Å²) in [6.45, 7) is 3.35. The van der Waals surface area contributed by atoms with Gasteiger partial charge >= 0.3 is 5.69 Å². The highest BCUT2D eigenvalue weighted by Crippen LogP contribution is 2.28. The largest absolute Gasteiger partial charge is 0.474 e. The van der Waals surface area contributed by atoms with Crippen LogP contribution in [0.1, 0.15) is 25.3 Å². The van der Waals surface area contributed by atoms with E-state index < -0.39 is 11.0 Å². The Morgan fingerprint density at radius 1 is 1.53 bits per heavy atom. The summed E-state index contributed by atoms with van der Waals surface area (Å²) in [5.74, 6) is -0.119. The molecule has 0 aromatic heterocycles. The Morgan fingerprint density at radius 3 is 2.79 bits per heavy atom. The van der Waals surface area contributed by atoms with Crippen LogP contribution < -0.4 is 10.1 Å². The predicted octanol–water partition coefficient (Wildman–Crippen LogP) is 1.95. The molecule has 1 atom stereocenters. The Kier molecular flexibility index (Phi) is 3.69. The van der Waals surface area contributed by atoms with Crippen molar-refractivity contribution >= 4 is 11.6 Å². The number of aryl methyl sites for hydroxylation is 1. The van der Waals surface area contributed by atoms with E-state index in [9.17, 15) is 14.9 Å². The van der Waals surface area contributed by atoms with E-state index in [1.807, 2.05) is 0 Å². The lowest BCUT2D eigenvalue weighted by atomic mass is 10.2. The Bertz CT molecular complexity index is 511. The van der Waals surface area contributed by atoms with Crippen LogP contribution >= 0.6 is 0 Å². The zero-order valence-corrected chi connectivity index (χ0v) is 10.9. The molecule has 1 amide bonds. The van der Waals surface area contributed by atoms with E-state index in [4.69, 9.17) is 4.74 Å². The van der Waals surface area contributed by atoms with Crippen molar-refractivity contribution in [1.82, 2.24) is 5.32 Å². The molecule has 1 fully saturated rings. The molecule has 102 valence electrons. The third-order valence-corrected chi connectivity index (χ3v) is 2.91. The molecule has 6 nitrogen and oxygen atoms in total. The molecule has 0 spiro atoms. The van der Waals surface area contributed by atoms with E-state index in [1.54, 1.807) is 19.9 Å². The van der Waals surface area contributed by atoms with Crippen LogP contribution in [0.25, 0.3) is 0 Å². The van der Waals surface area contributed by atoms with Crippen molar-refractivity contribution in [2.45, 2.75) is 38.8 Å². The Labute approximate surface area is 110 Å². The van der Waals surface area contributed by atoms with Crippen LogP contribution in [-0.2, 0) is 4.79 Å². The molecule has 0 aliphatic heterocycles. The number of hydrogen-bond donors (Lipinski definition) is 1. The van der Waals surface area contributed by atoms with E-state index >= 15 is 0 Å². The van der Waals surface area contributed by atoms with Gasteiger partial charge in [-0.1, -0.05) is 6.07 Å². The molecule has 19 heavy (non-hydrogen) atoms. The molecule has 1 aliphatic rings. The van der Waals surface area contributed by atoms with E-state index in [2.05, 4.69) is 5.32 Å². The van der Waals surface area contributed by atoms with E-state index in [0.717, 1.165) is 18.4 Å². The van der Waals surface area contributed by atoms with Crippen LogP contribution in [0.4, 0.5) is 5.69 Å². The summed E-state index contributed by atoms with van der Waals surface area (Å²) in [5, 5.41) is 13.7. The molecule has 0 unspecified atom stereocenters. The van der Waals surface area contributed by atoms with Crippen LogP contribution in [0.15, 0.2) is 18.2 Å². The topological polar surface area (TPSA) is 81.5 Å². The number of carbonyl (C=O) groups is 1. The standard InChI is InChI=1S/C13H16N2O4/c1-8-3-6-12(11(7-8)15(17)18)19-9(2)13(16)14-10-4-5-10/h3,6-7,9-10H,4-5H2,1-2H3,(H,14,16)/t9-/m0/s1. The van der Waals surface area contributed by atoms with Gasteiger partial charge in [0, 0.05) is 12.1 Å². The molecule has 0 radical (unpaired) electrons. The fourth-order valence-corrected chi connectivity index (χ4v) is 1.66. The van der Waals surface area contributed by atoms with Crippen LogP contribution in [-0.4, -0.2) is 23.0 Å². The third-order valence-electron chi connectivity index (χ3n) is 2.91. The van der Waals surface area contributed by atoms with E-state index in [0.29, 0.717) is 0 Å². The van der Waals surface area contributed by atoms with Gasteiger partial charge in [0.25, 0.3) is 5.91 Å². The fourth-order valence-electron chi connectivity index (χ4n) is 1.66. The molecular formula is C13H16N2O4. The zero-order valence-electron chi connectivity index (χ0n) is 10.9. The smallest absolute Gasteiger partial charge is 0.311 e. The molecule has 2 rings (SSSR count). The van der Waals surface area contributed by atoms with Gasteiger partial charge < -0.3 is 10.1 Å². The van der Waals surface area contributed by atoms with Crippen molar-refractivity contribution in [1.29, 1.82) is 0 Å².